The van der Waals surface area contributed by atoms with E-state index in [2.05, 4.69) is 56.5 Å². The predicted molar refractivity (Wildman–Crippen MR) is 102 cm³/mol. The van der Waals surface area contributed by atoms with E-state index in [1.54, 1.807) is 0 Å². The van der Waals surface area contributed by atoms with Crippen LogP contribution in [-0.2, 0) is 11.2 Å². The topological polar surface area (TPSA) is 32.3 Å². The molecule has 1 saturated heterocycles. The molecule has 1 atom stereocenters. The molecule has 1 unspecified atom stereocenters. The molecule has 0 saturated carbocycles. The highest BCUT2D eigenvalue weighted by Gasteiger charge is 2.23. The SMILES string of the molecule is O=C(CCc1ccccc1)NCC1CCN(c2cccc(Br)c2)C1. The molecule has 1 aliphatic heterocycles. The van der Waals surface area contributed by atoms with Crippen molar-refractivity contribution >= 4 is 27.5 Å². The van der Waals surface area contributed by atoms with E-state index in [1.807, 2.05) is 24.3 Å². The molecule has 24 heavy (non-hydrogen) atoms. The van der Waals surface area contributed by atoms with Crippen LogP contribution in [0.1, 0.15) is 18.4 Å². The molecule has 1 amide bonds. The molecule has 1 fully saturated rings. The molecule has 1 N–H and O–H groups in total. The normalized spacial score (nSPS) is 17.0. The quantitative estimate of drug-likeness (QED) is 0.812. The van der Waals surface area contributed by atoms with Crippen LogP contribution in [0.5, 0.6) is 0 Å². The standard InChI is InChI=1S/C20H23BrN2O/c21-18-7-4-8-19(13-18)23-12-11-17(15-23)14-22-20(24)10-9-16-5-2-1-3-6-16/h1-8,13,17H,9-12,14-15H2,(H,22,24). The summed E-state index contributed by atoms with van der Waals surface area (Å²) in [7, 11) is 0. The number of nitrogens with one attached hydrogen (secondary N) is 1. The molecule has 2 aromatic rings. The van der Waals surface area contributed by atoms with E-state index in [9.17, 15) is 4.79 Å². The van der Waals surface area contributed by atoms with Gasteiger partial charge in [0, 0.05) is 36.2 Å². The monoisotopic (exact) mass is 386 g/mol. The minimum atomic E-state index is 0.153. The number of aryl methyl sites for hydroxylation is 1. The van der Waals surface area contributed by atoms with Crippen molar-refractivity contribution in [1.82, 2.24) is 5.32 Å². The summed E-state index contributed by atoms with van der Waals surface area (Å²) in [6.45, 7) is 2.84. The second kappa shape index (κ2) is 8.34. The minimum Gasteiger partial charge on any atom is -0.371 e. The Morgan fingerprint density at radius 1 is 1.17 bits per heavy atom. The maximum absolute atomic E-state index is 12.0. The van der Waals surface area contributed by atoms with Gasteiger partial charge in [0.25, 0.3) is 0 Å². The largest absolute Gasteiger partial charge is 0.371 e. The van der Waals surface area contributed by atoms with Crippen molar-refractivity contribution in [3.05, 3.63) is 64.6 Å². The molecule has 1 heterocycles. The molecular formula is C20H23BrN2O. The van der Waals surface area contributed by atoms with Crippen molar-refractivity contribution in [3.8, 4) is 0 Å². The summed E-state index contributed by atoms with van der Waals surface area (Å²) in [5.41, 5.74) is 2.47. The van der Waals surface area contributed by atoms with Crippen molar-refractivity contribution in [3.63, 3.8) is 0 Å². The van der Waals surface area contributed by atoms with Crippen LogP contribution in [0.15, 0.2) is 59.1 Å². The first-order valence-electron chi connectivity index (χ1n) is 8.52. The van der Waals surface area contributed by atoms with Gasteiger partial charge in [-0.2, -0.15) is 0 Å². The summed E-state index contributed by atoms with van der Waals surface area (Å²) in [5.74, 6) is 0.685. The number of halogens is 1. The molecule has 0 radical (unpaired) electrons. The highest BCUT2D eigenvalue weighted by atomic mass is 79.9. The van der Waals surface area contributed by atoms with Crippen LogP contribution in [0.4, 0.5) is 5.69 Å². The van der Waals surface area contributed by atoms with Gasteiger partial charge in [0.05, 0.1) is 0 Å². The lowest BCUT2D eigenvalue weighted by atomic mass is 10.1. The van der Waals surface area contributed by atoms with Crippen molar-refractivity contribution in [2.45, 2.75) is 19.3 Å². The second-order valence-corrected chi connectivity index (χ2v) is 7.29. The molecule has 2 aromatic carbocycles. The van der Waals surface area contributed by atoms with Gasteiger partial charge in [-0.15, -0.1) is 0 Å². The maximum atomic E-state index is 12.0. The summed E-state index contributed by atoms with van der Waals surface area (Å²) in [6.07, 6.45) is 2.50. The zero-order valence-electron chi connectivity index (χ0n) is 13.7. The highest BCUT2D eigenvalue weighted by molar-refractivity contribution is 9.10. The van der Waals surface area contributed by atoms with Gasteiger partial charge >= 0.3 is 0 Å². The number of amides is 1. The van der Waals surface area contributed by atoms with Crippen molar-refractivity contribution in [2.75, 3.05) is 24.5 Å². The van der Waals surface area contributed by atoms with Gasteiger partial charge in [-0.05, 0) is 42.5 Å². The lowest BCUT2D eigenvalue weighted by molar-refractivity contribution is -0.121. The fourth-order valence-corrected chi connectivity index (χ4v) is 3.54. The smallest absolute Gasteiger partial charge is 0.220 e. The van der Waals surface area contributed by atoms with Crippen LogP contribution in [0, 0.1) is 5.92 Å². The number of carbonyl (C=O) groups is 1. The predicted octanol–water partition coefficient (Wildman–Crippen LogP) is 4.02. The third kappa shape index (κ3) is 4.84. The summed E-state index contributed by atoms with van der Waals surface area (Å²) < 4.78 is 1.11. The molecule has 0 aliphatic carbocycles. The molecule has 0 bridgehead atoms. The molecule has 3 nitrogen and oxygen atoms in total. The van der Waals surface area contributed by atoms with E-state index < -0.39 is 0 Å². The number of hydrogen-bond donors (Lipinski definition) is 1. The summed E-state index contributed by atoms with van der Waals surface area (Å²) >= 11 is 3.53. The third-order valence-corrected chi connectivity index (χ3v) is 5.02. The molecule has 4 heteroatoms. The van der Waals surface area contributed by atoms with Crippen LogP contribution in [0.2, 0.25) is 0 Å². The molecule has 0 aromatic heterocycles. The summed E-state index contributed by atoms with van der Waals surface area (Å²) in [5, 5.41) is 3.10. The zero-order valence-corrected chi connectivity index (χ0v) is 15.3. The van der Waals surface area contributed by atoms with E-state index >= 15 is 0 Å². The summed E-state index contributed by atoms with van der Waals surface area (Å²) in [6, 6.07) is 18.6. The first-order chi connectivity index (χ1) is 11.7. The Bertz CT molecular complexity index is 674. The van der Waals surface area contributed by atoms with E-state index in [4.69, 9.17) is 0 Å². The number of anilines is 1. The Hall–Kier alpha value is -1.81. The number of hydrogen-bond acceptors (Lipinski definition) is 2. The Morgan fingerprint density at radius 3 is 2.79 bits per heavy atom. The maximum Gasteiger partial charge on any atom is 0.220 e. The minimum absolute atomic E-state index is 0.153. The van der Waals surface area contributed by atoms with Gasteiger partial charge in [-0.25, -0.2) is 0 Å². The van der Waals surface area contributed by atoms with Crippen LogP contribution in [-0.4, -0.2) is 25.5 Å². The van der Waals surface area contributed by atoms with Gasteiger partial charge in [-0.1, -0.05) is 52.3 Å². The molecule has 1 aliphatic rings. The van der Waals surface area contributed by atoms with E-state index in [1.165, 1.54) is 11.3 Å². The van der Waals surface area contributed by atoms with Crippen LogP contribution >= 0.6 is 15.9 Å². The summed E-state index contributed by atoms with van der Waals surface area (Å²) in [4.78, 5) is 14.4. The van der Waals surface area contributed by atoms with Gasteiger partial charge < -0.3 is 10.2 Å². The number of benzene rings is 2. The molecule has 126 valence electrons. The number of nitrogens with zero attached hydrogens (tertiary/aromatic N) is 1. The fourth-order valence-electron chi connectivity index (χ4n) is 3.16. The second-order valence-electron chi connectivity index (χ2n) is 6.37. The third-order valence-electron chi connectivity index (χ3n) is 4.53. The highest BCUT2D eigenvalue weighted by Crippen LogP contribution is 2.25. The molecular weight excluding hydrogens is 364 g/mol. The van der Waals surface area contributed by atoms with E-state index in [0.29, 0.717) is 12.3 Å². The fraction of sp³-hybridized carbons (Fsp3) is 0.350. The Balaban J connectivity index is 1.40. The van der Waals surface area contributed by atoms with Crippen LogP contribution < -0.4 is 10.2 Å². The van der Waals surface area contributed by atoms with Gasteiger partial charge in [0.2, 0.25) is 5.91 Å². The zero-order chi connectivity index (χ0) is 16.8. The average Bonchev–Trinajstić information content (AvgIpc) is 3.08. The van der Waals surface area contributed by atoms with Gasteiger partial charge in [0.1, 0.15) is 0 Å². The Labute approximate surface area is 152 Å². The van der Waals surface area contributed by atoms with E-state index in [-0.39, 0.29) is 5.91 Å². The van der Waals surface area contributed by atoms with Crippen LogP contribution in [0.3, 0.4) is 0 Å². The first kappa shape index (κ1) is 17.0. The lowest BCUT2D eigenvalue weighted by Crippen LogP contribution is -2.31. The lowest BCUT2D eigenvalue weighted by Gasteiger charge is -2.19. The average molecular weight is 387 g/mol. The Kier molecular flexibility index (Phi) is 5.91. The number of rotatable bonds is 6. The van der Waals surface area contributed by atoms with E-state index in [0.717, 1.165) is 36.9 Å². The van der Waals surface area contributed by atoms with Gasteiger partial charge in [-0.3, -0.25) is 4.79 Å². The van der Waals surface area contributed by atoms with Crippen molar-refractivity contribution in [2.24, 2.45) is 5.92 Å². The molecule has 0 spiro atoms. The van der Waals surface area contributed by atoms with Crippen molar-refractivity contribution < 1.29 is 4.79 Å². The van der Waals surface area contributed by atoms with Crippen LogP contribution in [0.25, 0.3) is 0 Å². The van der Waals surface area contributed by atoms with Crippen molar-refractivity contribution in [1.29, 1.82) is 0 Å². The first-order valence-corrected chi connectivity index (χ1v) is 9.31. The van der Waals surface area contributed by atoms with Gasteiger partial charge in [0.15, 0.2) is 0 Å². The Morgan fingerprint density at radius 2 is 2.00 bits per heavy atom. The number of carbonyl (C=O) groups excluding carboxylic acids is 1. The molecule has 3 rings (SSSR count).